The maximum Gasteiger partial charge on any atom is 0.145 e. The Bertz CT molecular complexity index is 528. The number of hydrogen-bond donors (Lipinski definition) is 1. The molecule has 2 N–H and O–H groups in total. The van der Waals surface area contributed by atoms with E-state index in [2.05, 4.69) is 0 Å². The van der Waals surface area contributed by atoms with Crippen molar-refractivity contribution in [2.45, 2.75) is 13.2 Å². The third-order valence-electron chi connectivity index (χ3n) is 2.56. The van der Waals surface area contributed by atoms with E-state index in [1.54, 1.807) is 6.07 Å². The van der Waals surface area contributed by atoms with Crippen molar-refractivity contribution >= 4 is 11.6 Å². The molecule has 0 atom stereocenters. The Hall–Kier alpha value is -1.58. The second-order valence-corrected chi connectivity index (χ2v) is 4.29. The van der Waals surface area contributed by atoms with E-state index >= 15 is 0 Å². The highest BCUT2D eigenvalue weighted by Gasteiger charge is 2.02. The number of benzene rings is 2. The lowest BCUT2D eigenvalue weighted by Crippen LogP contribution is -1.98. The molecule has 0 aromatic heterocycles. The molecule has 0 aliphatic carbocycles. The van der Waals surface area contributed by atoms with E-state index in [0.29, 0.717) is 18.9 Å². The van der Waals surface area contributed by atoms with Crippen molar-refractivity contribution in [1.29, 1.82) is 0 Å². The van der Waals surface area contributed by atoms with Crippen molar-refractivity contribution in [3.63, 3.8) is 0 Å². The molecule has 2 nitrogen and oxygen atoms in total. The molecular weight excluding hydrogens is 253 g/mol. The van der Waals surface area contributed by atoms with Gasteiger partial charge in [-0.25, -0.2) is 4.39 Å². The lowest BCUT2D eigenvalue weighted by atomic mass is 10.1. The van der Waals surface area contributed by atoms with Crippen LogP contribution in [0.25, 0.3) is 0 Å². The molecule has 0 spiro atoms. The highest BCUT2D eigenvalue weighted by molar-refractivity contribution is 6.30. The normalized spacial score (nSPS) is 10.4. The first-order valence-electron chi connectivity index (χ1n) is 5.55. The summed E-state index contributed by atoms with van der Waals surface area (Å²) in [5.41, 5.74) is 7.58. The highest BCUT2D eigenvalue weighted by atomic mass is 35.5. The summed E-state index contributed by atoms with van der Waals surface area (Å²) in [6, 6.07) is 12.2. The van der Waals surface area contributed by atoms with Crippen LogP contribution in [-0.4, -0.2) is 0 Å². The van der Waals surface area contributed by atoms with Crippen molar-refractivity contribution < 1.29 is 9.13 Å². The average molecular weight is 266 g/mol. The van der Waals surface area contributed by atoms with Crippen LogP contribution in [0.4, 0.5) is 4.39 Å². The van der Waals surface area contributed by atoms with Crippen molar-refractivity contribution in [2.75, 3.05) is 0 Å². The van der Waals surface area contributed by atoms with Crippen LogP contribution in [0.2, 0.25) is 5.02 Å². The smallest absolute Gasteiger partial charge is 0.145 e. The van der Waals surface area contributed by atoms with Gasteiger partial charge in [-0.1, -0.05) is 35.9 Å². The van der Waals surface area contributed by atoms with Crippen LogP contribution in [0.15, 0.2) is 42.5 Å². The summed E-state index contributed by atoms with van der Waals surface area (Å²) >= 11 is 5.59. The van der Waals surface area contributed by atoms with Gasteiger partial charge < -0.3 is 10.5 Å². The number of halogens is 2. The molecule has 2 aromatic rings. The molecule has 0 saturated carbocycles. The number of ether oxygens (including phenoxy) is 1. The van der Waals surface area contributed by atoms with Crippen LogP contribution in [-0.2, 0) is 13.2 Å². The van der Waals surface area contributed by atoms with Gasteiger partial charge in [0.25, 0.3) is 0 Å². The first-order chi connectivity index (χ1) is 8.69. The van der Waals surface area contributed by atoms with Crippen LogP contribution in [0, 0.1) is 5.82 Å². The zero-order valence-electron chi connectivity index (χ0n) is 9.70. The molecule has 0 saturated heterocycles. The van der Waals surface area contributed by atoms with Crippen LogP contribution in [0.3, 0.4) is 0 Å². The largest absolute Gasteiger partial charge is 0.489 e. The summed E-state index contributed by atoms with van der Waals surface area (Å²) in [7, 11) is 0. The molecule has 94 valence electrons. The highest BCUT2D eigenvalue weighted by Crippen LogP contribution is 2.21. The molecule has 4 heteroatoms. The molecule has 0 unspecified atom stereocenters. The fourth-order valence-electron chi connectivity index (χ4n) is 1.50. The molecule has 0 fully saturated rings. The van der Waals surface area contributed by atoms with Gasteiger partial charge in [-0.05, 0) is 23.3 Å². The van der Waals surface area contributed by atoms with Crippen molar-refractivity contribution in [1.82, 2.24) is 0 Å². The predicted molar refractivity (Wildman–Crippen MR) is 70.1 cm³/mol. The van der Waals surface area contributed by atoms with E-state index in [1.807, 2.05) is 24.3 Å². The second kappa shape index (κ2) is 5.85. The molecule has 0 radical (unpaired) electrons. The monoisotopic (exact) mass is 265 g/mol. The molecule has 0 aliphatic rings. The summed E-state index contributed by atoms with van der Waals surface area (Å²) in [5, 5.41) is 0.0923. The van der Waals surface area contributed by atoms with Gasteiger partial charge in [0, 0.05) is 12.6 Å². The lowest BCUT2D eigenvalue weighted by molar-refractivity contribution is 0.304. The summed E-state index contributed by atoms with van der Waals surface area (Å²) in [5.74, 6) is -0.0209. The first kappa shape index (κ1) is 12.9. The van der Waals surface area contributed by atoms with E-state index in [0.717, 1.165) is 11.1 Å². The van der Waals surface area contributed by atoms with Crippen LogP contribution >= 0.6 is 11.6 Å². The molecule has 18 heavy (non-hydrogen) atoms. The van der Waals surface area contributed by atoms with Crippen molar-refractivity contribution in [3.8, 4) is 5.75 Å². The van der Waals surface area contributed by atoms with Crippen LogP contribution in [0.5, 0.6) is 5.75 Å². The van der Waals surface area contributed by atoms with Gasteiger partial charge in [-0.3, -0.25) is 0 Å². The number of nitrogens with two attached hydrogens (primary N) is 1. The number of rotatable bonds is 4. The first-order valence-corrected chi connectivity index (χ1v) is 5.92. The summed E-state index contributed by atoms with van der Waals surface area (Å²) in [6.45, 7) is 0.898. The summed E-state index contributed by atoms with van der Waals surface area (Å²) < 4.78 is 18.6. The third kappa shape index (κ3) is 3.22. The molecule has 2 rings (SSSR count). The standard InChI is InChI=1S/C14H13ClFNO/c15-13-6-5-12(7-14(13)16)18-9-11-3-1-10(8-17)2-4-11/h1-7H,8-9,17H2. The Morgan fingerprint density at radius 2 is 1.72 bits per heavy atom. The van der Waals surface area contributed by atoms with E-state index in [1.165, 1.54) is 12.1 Å². The minimum Gasteiger partial charge on any atom is -0.489 e. The minimum absolute atomic E-state index is 0.0923. The summed E-state index contributed by atoms with van der Waals surface area (Å²) in [4.78, 5) is 0. The average Bonchev–Trinajstić information content (AvgIpc) is 2.41. The lowest BCUT2D eigenvalue weighted by Gasteiger charge is -2.07. The molecule has 0 heterocycles. The zero-order chi connectivity index (χ0) is 13.0. The second-order valence-electron chi connectivity index (χ2n) is 3.89. The fraction of sp³-hybridized carbons (Fsp3) is 0.143. The Morgan fingerprint density at radius 1 is 1.06 bits per heavy atom. The van der Waals surface area contributed by atoms with E-state index in [9.17, 15) is 4.39 Å². The maximum atomic E-state index is 13.2. The SMILES string of the molecule is NCc1ccc(COc2ccc(Cl)c(F)c2)cc1. The van der Waals surface area contributed by atoms with Gasteiger partial charge in [0.2, 0.25) is 0 Å². The molecule has 0 aliphatic heterocycles. The molecule has 0 amide bonds. The van der Waals surface area contributed by atoms with E-state index < -0.39 is 5.82 Å². The van der Waals surface area contributed by atoms with E-state index in [4.69, 9.17) is 22.1 Å². The van der Waals surface area contributed by atoms with Gasteiger partial charge in [-0.15, -0.1) is 0 Å². The van der Waals surface area contributed by atoms with Crippen LogP contribution < -0.4 is 10.5 Å². The van der Waals surface area contributed by atoms with Crippen molar-refractivity contribution in [2.24, 2.45) is 5.73 Å². The zero-order valence-corrected chi connectivity index (χ0v) is 10.5. The van der Waals surface area contributed by atoms with Gasteiger partial charge in [0.05, 0.1) is 5.02 Å². The van der Waals surface area contributed by atoms with Gasteiger partial charge in [-0.2, -0.15) is 0 Å². The van der Waals surface area contributed by atoms with Gasteiger partial charge in [0.1, 0.15) is 18.2 Å². The minimum atomic E-state index is -0.479. The quantitative estimate of drug-likeness (QED) is 0.918. The molecule has 0 bridgehead atoms. The Kier molecular flexibility index (Phi) is 4.18. The Balaban J connectivity index is 1.99. The third-order valence-corrected chi connectivity index (χ3v) is 2.86. The van der Waals surface area contributed by atoms with Crippen molar-refractivity contribution in [3.05, 3.63) is 64.4 Å². The van der Waals surface area contributed by atoms with E-state index in [-0.39, 0.29) is 5.02 Å². The Morgan fingerprint density at radius 3 is 2.33 bits per heavy atom. The summed E-state index contributed by atoms with van der Waals surface area (Å²) in [6.07, 6.45) is 0. The maximum absolute atomic E-state index is 13.2. The molecular formula is C14H13ClFNO. The topological polar surface area (TPSA) is 35.2 Å². The Labute approximate surface area is 110 Å². The number of hydrogen-bond acceptors (Lipinski definition) is 2. The van der Waals surface area contributed by atoms with Gasteiger partial charge >= 0.3 is 0 Å². The van der Waals surface area contributed by atoms with Gasteiger partial charge in [0.15, 0.2) is 0 Å². The fourth-order valence-corrected chi connectivity index (χ4v) is 1.62. The molecule has 2 aromatic carbocycles. The van der Waals surface area contributed by atoms with Crippen LogP contribution in [0.1, 0.15) is 11.1 Å². The predicted octanol–water partition coefficient (Wildman–Crippen LogP) is 3.52.